The topological polar surface area (TPSA) is 97.9 Å². The predicted octanol–water partition coefficient (Wildman–Crippen LogP) is 4.49. The number of carbonyl (C=O) groups is 1. The van der Waals surface area contributed by atoms with Crippen molar-refractivity contribution in [1.82, 2.24) is 29.9 Å². The molecule has 0 aliphatic heterocycles. The summed E-state index contributed by atoms with van der Waals surface area (Å²) in [6.07, 6.45) is -7.14. The van der Waals surface area contributed by atoms with Gasteiger partial charge in [0, 0.05) is 11.6 Å². The SMILES string of the molecule is C[C@@H](NC(=O)c1cnn(-c2ccc(C(F)(F)F)cc2)c1C(F)(F)F)[C@](O)(Cn1cncn1)c1ccc(F)cc1F. The number of alkyl halides is 6. The van der Waals surface area contributed by atoms with E-state index in [0.29, 0.717) is 24.4 Å². The minimum atomic E-state index is -5.20. The van der Waals surface area contributed by atoms with Crippen molar-refractivity contribution < 1.29 is 45.0 Å². The monoisotopic (exact) mass is 574 g/mol. The Morgan fingerprint density at radius 1 is 1.00 bits per heavy atom. The third-order valence-corrected chi connectivity index (χ3v) is 6.05. The molecule has 4 aromatic rings. The van der Waals surface area contributed by atoms with Gasteiger partial charge in [0.15, 0.2) is 5.69 Å². The number of carbonyl (C=O) groups excluding carboxylic acids is 1. The van der Waals surface area contributed by atoms with Gasteiger partial charge in [0.25, 0.3) is 5.91 Å². The molecular weight excluding hydrogens is 556 g/mol. The van der Waals surface area contributed by atoms with Gasteiger partial charge >= 0.3 is 12.4 Å². The summed E-state index contributed by atoms with van der Waals surface area (Å²) in [6.45, 7) is 0.624. The van der Waals surface area contributed by atoms with Crippen LogP contribution in [-0.2, 0) is 24.5 Å². The standard InChI is InChI=1S/C24H18F8N6O2/c1-13(22(40,10-37-12-33-11-35-37)18-7-4-15(25)8-19(18)26)36-21(39)17-9-34-38(20(17)24(30,31)32)16-5-2-14(3-6-16)23(27,28)29/h2-9,11-13,40H,10H2,1H3,(H,36,39)/t13-,22-/m1/s1. The van der Waals surface area contributed by atoms with Crippen molar-refractivity contribution in [2.24, 2.45) is 0 Å². The molecule has 0 bridgehead atoms. The number of rotatable bonds is 7. The molecule has 2 aromatic heterocycles. The van der Waals surface area contributed by atoms with Crippen LogP contribution in [0, 0.1) is 11.6 Å². The maximum atomic E-state index is 14.7. The third kappa shape index (κ3) is 5.66. The fourth-order valence-corrected chi connectivity index (χ4v) is 4.03. The molecule has 0 saturated heterocycles. The lowest BCUT2D eigenvalue weighted by molar-refractivity contribution is -0.143. The third-order valence-electron chi connectivity index (χ3n) is 6.05. The number of hydrogen-bond acceptors (Lipinski definition) is 5. The van der Waals surface area contributed by atoms with Crippen LogP contribution in [0.1, 0.15) is 34.1 Å². The van der Waals surface area contributed by atoms with Gasteiger partial charge in [0.05, 0.1) is 35.6 Å². The highest BCUT2D eigenvalue weighted by atomic mass is 19.4. The highest BCUT2D eigenvalue weighted by Crippen LogP contribution is 2.36. The predicted molar refractivity (Wildman–Crippen MR) is 121 cm³/mol. The van der Waals surface area contributed by atoms with Crippen LogP contribution in [0.3, 0.4) is 0 Å². The van der Waals surface area contributed by atoms with E-state index in [1.165, 1.54) is 6.92 Å². The van der Waals surface area contributed by atoms with Crippen molar-refractivity contribution in [3.05, 3.63) is 95.3 Å². The first-order chi connectivity index (χ1) is 18.6. The number of aliphatic hydroxyl groups is 1. The van der Waals surface area contributed by atoms with Crippen LogP contribution in [0.25, 0.3) is 5.69 Å². The summed E-state index contributed by atoms with van der Waals surface area (Å²) in [6, 6.07) is 3.34. The van der Waals surface area contributed by atoms with E-state index in [4.69, 9.17) is 0 Å². The molecule has 16 heteroatoms. The number of amides is 1. The van der Waals surface area contributed by atoms with Crippen LogP contribution in [0.4, 0.5) is 35.1 Å². The fourth-order valence-electron chi connectivity index (χ4n) is 4.03. The van der Waals surface area contributed by atoms with Gasteiger partial charge in [0.1, 0.15) is 29.9 Å². The van der Waals surface area contributed by atoms with Gasteiger partial charge in [0.2, 0.25) is 0 Å². The lowest BCUT2D eigenvalue weighted by Crippen LogP contribution is -2.52. The van der Waals surface area contributed by atoms with Gasteiger partial charge in [-0.2, -0.15) is 36.5 Å². The number of benzene rings is 2. The highest BCUT2D eigenvalue weighted by Gasteiger charge is 2.44. The Hall–Kier alpha value is -4.34. The molecule has 2 heterocycles. The molecule has 0 radical (unpaired) electrons. The van der Waals surface area contributed by atoms with Gasteiger partial charge in [-0.25, -0.2) is 23.1 Å². The molecule has 1 amide bonds. The summed E-state index contributed by atoms with van der Waals surface area (Å²) in [7, 11) is 0. The average molecular weight is 574 g/mol. The molecule has 0 saturated carbocycles. The van der Waals surface area contributed by atoms with E-state index in [2.05, 4.69) is 20.5 Å². The van der Waals surface area contributed by atoms with Gasteiger partial charge < -0.3 is 10.4 Å². The zero-order valence-electron chi connectivity index (χ0n) is 20.2. The first kappa shape index (κ1) is 28.7. The molecule has 4 rings (SSSR count). The lowest BCUT2D eigenvalue weighted by atomic mass is 9.86. The largest absolute Gasteiger partial charge is 0.434 e. The Bertz CT molecular complexity index is 1500. The summed E-state index contributed by atoms with van der Waals surface area (Å²) in [4.78, 5) is 16.8. The van der Waals surface area contributed by atoms with Crippen molar-refractivity contribution in [2.75, 3.05) is 0 Å². The van der Waals surface area contributed by atoms with E-state index in [1.807, 2.05) is 0 Å². The smallest absolute Gasteiger partial charge is 0.381 e. The van der Waals surface area contributed by atoms with Crippen molar-refractivity contribution in [3.63, 3.8) is 0 Å². The van der Waals surface area contributed by atoms with Crippen LogP contribution in [0.2, 0.25) is 0 Å². The normalized spacial score (nSPS) is 14.6. The molecule has 8 nitrogen and oxygen atoms in total. The minimum Gasteiger partial charge on any atom is -0.381 e. The first-order valence-electron chi connectivity index (χ1n) is 11.3. The molecule has 0 aliphatic carbocycles. The molecule has 40 heavy (non-hydrogen) atoms. The fraction of sp³-hybridized carbons (Fsp3) is 0.250. The summed E-state index contributed by atoms with van der Waals surface area (Å²) >= 11 is 0. The van der Waals surface area contributed by atoms with Crippen molar-refractivity contribution in [2.45, 2.75) is 37.5 Å². The summed E-state index contributed by atoms with van der Waals surface area (Å²) in [5.74, 6) is -3.56. The van der Waals surface area contributed by atoms with Gasteiger partial charge in [-0.15, -0.1) is 0 Å². The van der Waals surface area contributed by atoms with E-state index in [9.17, 15) is 45.0 Å². The van der Waals surface area contributed by atoms with E-state index in [1.54, 1.807) is 0 Å². The number of hydrogen-bond donors (Lipinski definition) is 2. The van der Waals surface area contributed by atoms with E-state index in [0.717, 1.165) is 41.6 Å². The zero-order valence-corrected chi connectivity index (χ0v) is 20.2. The van der Waals surface area contributed by atoms with Crippen molar-refractivity contribution in [1.29, 1.82) is 0 Å². The van der Waals surface area contributed by atoms with Crippen LogP contribution in [-0.4, -0.2) is 41.6 Å². The maximum Gasteiger partial charge on any atom is 0.434 e. The summed E-state index contributed by atoms with van der Waals surface area (Å²) in [5, 5.41) is 21.0. The molecule has 212 valence electrons. The maximum absolute atomic E-state index is 14.7. The first-order valence-corrected chi connectivity index (χ1v) is 11.3. The average Bonchev–Trinajstić information content (AvgIpc) is 3.53. The minimum absolute atomic E-state index is 0.251. The molecular formula is C24H18F8N6O2. The number of aromatic nitrogens is 5. The van der Waals surface area contributed by atoms with Crippen LogP contribution < -0.4 is 5.32 Å². The summed E-state index contributed by atoms with van der Waals surface area (Å²) < 4.78 is 110. The van der Waals surface area contributed by atoms with E-state index >= 15 is 0 Å². The van der Waals surface area contributed by atoms with E-state index in [-0.39, 0.29) is 4.68 Å². The molecule has 2 aromatic carbocycles. The highest BCUT2D eigenvalue weighted by molar-refractivity contribution is 5.95. The molecule has 0 aliphatic rings. The van der Waals surface area contributed by atoms with Crippen LogP contribution in [0.5, 0.6) is 0 Å². The van der Waals surface area contributed by atoms with Crippen LogP contribution >= 0.6 is 0 Å². The number of halogens is 8. The number of nitrogens with one attached hydrogen (secondary N) is 1. The van der Waals surface area contributed by atoms with Crippen LogP contribution in [0.15, 0.2) is 61.3 Å². The van der Waals surface area contributed by atoms with Gasteiger partial charge in [-0.05, 0) is 37.3 Å². The van der Waals surface area contributed by atoms with Crippen molar-refractivity contribution in [3.8, 4) is 5.69 Å². The Labute approximate surface area is 219 Å². The Kier molecular flexibility index (Phi) is 7.40. The number of nitrogens with zero attached hydrogens (tertiary/aromatic N) is 5. The Morgan fingerprint density at radius 3 is 2.23 bits per heavy atom. The molecule has 0 fully saturated rings. The molecule has 2 N–H and O–H groups in total. The second-order valence-corrected chi connectivity index (χ2v) is 8.70. The zero-order chi connectivity index (χ0) is 29.5. The van der Waals surface area contributed by atoms with Gasteiger partial charge in [-0.3, -0.25) is 4.79 Å². The summed E-state index contributed by atoms with van der Waals surface area (Å²) in [5.41, 5.74) is -7.02. The van der Waals surface area contributed by atoms with E-state index < -0.39 is 76.2 Å². The Balaban J connectivity index is 1.70. The second-order valence-electron chi connectivity index (χ2n) is 8.70. The lowest BCUT2D eigenvalue weighted by Gasteiger charge is -2.35. The molecule has 0 spiro atoms. The quantitative estimate of drug-likeness (QED) is 0.317. The second kappa shape index (κ2) is 10.3. The van der Waals surface area contributed by atoms with Gasteiger partial charge in [-0.1, -0.05) is 6.07 Å². The molecule has 2 atom stereocenters. The van der Waals surface area contributed by atoms with Crippen molar-refractivity contribution >= 4 is 5.91 Å². The molecule has 0 unspecified atom stereocenters. The Morgan fingerprint density at radius 2 is 1.68 bits per heavy atom.